The van der Waals surface area contributed by atoms with Crippen molar-refractivity contribution in [3.8, 4) is 0 Å². The second-order valence-corrected chi connectivity index (χ2v) is 4.58. The minimum absolute atomic E-state index is 0.112. The Kier molecular flexibility index (Phi) is 3.22. The first kappa shape index (κ1) is 13.0. The molecule has 0 fully saturated rings. The first-order chi connectivity index (χ1) is 10.1. The number of aromatic amines is 3. The number of hydrogen-bond acceptors (Lipinski definition) is 6. The number of fused-ring (bicyclic) bond motifs is 1. The molecule has 9 heteroatoms. The van der Waals surface area contributed by atoms with Gasteiger partial charge in [0.1, 0.15) is 5.82 Å². The summed E-state index contributed by atoms with van der Waals surface area (Å²) >= 11 is 0. The third-order valence-corrected chi connectivity index (χ3v) is 3.10. The van der Waals surface area contributed by atoms with Gasteiger partial charge in [-0.15, -0.1) is 0 Å². The Morgan fingerprint density at radius 2 is 2.10 bits per heavy atom. The zero-order chi connectivity index (χ0) is 14.8. The molecule has 0 saturated carbocycles. The summed E-state index contributed by atoms with van der Waals surface area (Å²) in [5.74, 6) is 0.555. The van der Waals surface area contributed by atoms with Crippen molar-refractivity contribution in [1.29, 1.82) is 0 Å². The number of likely N-dealkylation sites (N-methyl/N-ethyl adjacent to an activating group) is 1. The number of rotatable bonds is 4. The summed E-state index contributed by atoms with van der Waals surface area (Å²) in [7, 11) is 1.85. The van der Waals surface area contributed by atoms with Crippen molar-refractivity contribution < 1.29 is 0 Å². The van der Waals surface area contributed by atoms with Crippen molar-refractivity contribution in [2.45, 2.75) is 6.42 Å². The zero-order valence-electron chi connectivity index (χ0n) is 11.3. The SMILES string of the molecule is CN(CCc1cnc[nH]1)c1cnc2[nH]c(=O)[nH]c(=O)c2n1. The molecular formula is C12H13N7O2. The Labute approximate surface area is 118 Å². The van der Waals surface area contributed by atoms with E-state index in [1.54, 1.807) is 12.5 Å². The molecule has 0 radical (unpaired) electrons. The lowest BCUT2D eigenvalue weighted by Crippen LogP contribution is -2.26. The lowest BCUT2D eigenvalue weighted by atomic mass is 10.3. The Balaban J connectivity index is 1.86. The largest absolute Gasteiger partial charge is 0.358 e. The van der Waals surface area contributed by atoms with E-state index in [4.69, 9.17) is 0 Å². The number of anilines is 1. The lowest BCUT2D eigenvalue weighted by molar-refractivity contribution is 0.842. The van der Waals surface area contributed by atoms with E-state index < -0.39 is 11.2 Å². The van der Waals surface area contributed by atoms with Gasteiger partial charge in [0, 0.05) is 31.9 Å². The van der Waals surface area contributed by atoms with Gasteiger partial charge < -0.3 is 9.88 Å². The summed E-state index contributed by atoms with van der Waals surface area (Å²) in [4.78, 5) is 44.6. The molecule has 0 saturated heterocycles. The Bertz CT molecular complexity index is 865. The Hall–Kier alpha value is -2.97. The maximum absolute atomic E-state index is 11.7. The minimum atomic E-state index is -0.595. The van der Waals surface area contributed by atoms with Crippen molar-refractivity contribution >= 4 is 17.0 Å². The molecule has 0 spiro atoms. The Morgan fingerprint density at radius 3 is 2.86 bits per heavy atom. The monoisotopic (exact) mass is 287 g/mol. The van der Waals surface area contributed by atoms with Crippen LogP contribution in [0.2, 0.25) is 0 Å². The summed E-state index contributed by atoms with van der Waals surface area (Å²) in [5, 5.41) is 0. The molecule has 0 aliphatic carbocycles. The minimum Gasteiger partial charge on any atom is -0.358 e. The molecule has 0 amide bonds. The van der Waals surface area contributed by atoms with Crippen LogP contribution in [0.4, 0.5) is 5.82 Å². The molecule has 108 valence electrons. The fourth-order valence-electron chi connectivity index (χ4n) is 1.94. The lowest BCUT2D eigenvalue weighted by Gasteiger charge is -2.17. The highest BCUT2D eigenvalue weighted by molar-refractivity contribution is 5.69. The average molecular weight is 287 g/mol. The van der Waals surface area contributed by atoms with E-state index in [1.165, 1.54) is 6.20 Å². The van der Waals surface area contributed by atoms with Crippen LogP contribution in [0.5, 0.6) is 0 Å². The molecule has 9 nitrogen and oxygen atoms in total. The van der Waals surface area contributed by atoms with Crippen molar-refractivity contribution in [3.63, 3.8) is 0 Å². The topological polar surface area (TPSA) is 123 Å². The van der Waals surface area contributed by atoms with Crippen molar-refractivity contribution in [1.82, 2.24) is 29.9 Å². The first-order valence-corrected chi connectivity index (χ1v) is 6.31. The summed E-state index contributed by atoms with van der Waals surface area (Å²) in [6.45, 7) is 0.684. The molecule has 3 aromatic rings. The fourth-order valence-corrected chi connectivity index (χ4v) is 1.94. The van der Waals surface area contributed by atoms with Crippen LogP contribution in [-0.4, -0.2) is 43.5 Å². The number of nitrogens with zero attached hydrogens (tertiary/aromatic N) is 4. The van der Waals surface area contributed by atoms with Gasteiger partial charge in [0.15, 0.2) is 11.2 Å². The van der Waals surface area contributed by atoms with Crippen molar-refractivity contribution in [3.05, 3.63) is 45.3 Å². The second kappa shape index (κ2) is 5.19. The van der Waals surface area contributed by atoms with Crippen molar-refractivity contribution in [2.24, 2.45) is 0 Å². The molecule has 21 heavy (non-hydrogen) atoms. The average Bonchev–Trinajstić information content (AvgIpc) is 2.97. The number of aromatic nitrogens is 6. The second-order valence-electron chi connectivity index (χ2n) is 4.58. The molecule has 0 aliphatic heterocycles. The number of nitrogens with one attached hydrogen (secondary N) is 3. The normalized spacial score (nSPS) is 10.9. The third-order valence-electron chi connectivity index (χ3n) is 3.10. The van der Waals surface area contributed by atoms with Crippen LogP contribution in [0.25, 0.3) is 11.2 Å². The molecular weight excluding hydrogens is 274 g/mol. The maximum Gasteiger partial charge on any atom is 0.327 e. The summed E-state index contributed by atoms with van der Waals surface area (Å²) < 4.78 is 0. The zero-order valence-corrected chi connectivity index (χ0v) is 11.3. The van der Waals surface area contributed by atoms with Gasteiger partial charge >= 0.3 is 5.69 Å². The van der Waals surface area contributed by atoms with Gasteiger partial charge in [-0.3, -0.25) is 14.8 Å². The highest BCUT2D eigenvalue weighted by atomic mass is 16.2. The van der Waals surface area contributed by atoms with Crippen LogP contribution in [0.15, 0.2) is 28.3 Å². The molecule has 0 aliphatic rings. The van der Waals surface area contributed by atoms with Crippen LogP contribution in [0, 0.1) is 0 Å². The van der Waals surface area contributed by atoms with Gasteiger partial charge in [-0.2, -0.15) is 0 Å². The predicted octanol–water partition coefficient (Wildman–Crippen LogP) is -0.592. The van der Waals surface area contributed by atoms with Gasteiger partial charge in [-0.05, 0) is 0 Å². The van der Waals surface area contributed by atoms with E-state index in [9.17, 15) is 9.59 Å². The smallest absolute Gasteiger partial charge is 0.327 e. The summed E-state index contributed by atoms with van der Waals surface area (Å²) in [6, 6.07) is 0. The van der Waals surface area contributed by atoms with Gasteiger partial charge in [-0.25, -0.2) is 19.7 Å². The number of hydrogen-bond donors (Lipinski definition) is 3. The number of H-pyrrole nitrogens is 3. The molecule has 0 atom stereocenters. The predicted molar refractivity (Wildman–Crippen MR) is 76.3 cm³/mol. The maximum atomic E-state index is 11.7. The fraction of sp³-hybridized carbons (Fsp3) is 0.250. The molecule has 0 unspecified atom stereocenters. The highest BCUT2D eigenvalue weighted by Gasteiger charge is 2.09. The Morgan fingerprint density at radius 1 is 1.24 bits per heavy atom. The quantitative estimate of drug-likeness (QED) is 0.589. The first-order valence-electron chi connectivity index (χ1n) is 6.31. The van der Waals surface area contributed by atoms with Gasteiger partial charge in [-0.1, -0.05) is 0 Å². The molecule has 3 rings (SSSR count). The molecule has 3 heterocycles. The van der Waals surface area contributed by atoms with Crippen LogP contribution in [0.3, 0.4) is 0 Å². The van der Waals surface area contributed by atoms with E-state index in [0.29, 0.717) is 12.4 Å². The third kappa shape index (κ3) is 2.66. The summed E-state index contributed by atoms with van der Waals surface area (Å²) in [5.41, 5.74) is 0.153. The molecule has 3 aromatic heterocycles. The molecule has 0 aromatic carbocycles. The van der Waals surface area contributed by atoms with E-state index in [1.807, 2.05) is 11.9 Å². The highest BCUT2D eigenvalue weighted by Crippen LogP contribution is 2.10. The van der Waals surface area contributed by atoms with Crippen LogP contribution in [-0.2, 0) is 6.42 Å². The van der Waals surface area contributed by atoms with E-state index in [2.05, 4.69) is 29.9 Å². The summed E-state index contributed by atoms with van der Waals surface area (Å²) in [6.07, 6.45) is 5.67. The van der Waals surface area contributed by atoms with Crippen LogP contribution in [0.1, 0.15) is 5.69 Å². The van der Waals surface area contributed by atoms with Crippen LogP contribution < -0.4 is 16.1 Å². The van der Waals surface area contributed by atoms with Gasteiger partial charge in [0.05, 0.1) is 12.5 Å². The molecule has 3 N–H and O–H groups in total. The standard InChI is InChI=1S/C12H13N7O2/c1-19(3-2-7-4-13-6-15-7)8-5-14-10-9(16-8)11(20)18-12(21)17-10/h4-6H,2-3H2,1H3,(H,13,15)(H2,14,17,18,20,21). The molecule has 0 bridgehead atoms. The van der Waals surface area contributed by atoms with Gasteiger partial charge in [0.25, 0.3) is 5.56 Å². The van der Waals surface area contributed by atoms with Crippen molar-refractivity contribution in [2.75, 3.05) is 18.5 Å². The van der Waals surface area contributed by atoms with E-state index in [0.717, 1.165) is 12.1 Å². The van der Waals surface area contributed by atoms with Gasteiger partial charge in [0.2, 0.25) is 0 Å². The number of imidazole rings is 1. The van der Waals surface area contributed by atoms with Crippen LogP contribution >= 0.6 is 0 Å². The van der Waals surface area contributed by atoms with E-state index in [-0.39, 0.29) is 11.2 Å². The van der Waals surface area contributed by atoms with E-state index >= 15 is 0 Å².